The van der Waals surface area contributed by atoms with Gasteiger partial charge in [0.1, 0.15) is 6.61 Å². The monoisotopic (exact) mass is 429 g/mol. The van der Waals surface area contributed by atoms with E-state index in [2.05, 4.69) is 5.32 Å². The highest BCUT2D eigenvalue weighted by atomic mass is 16.5. The summed E-state index contributed by atoms with van der Waals surface area (Å²) < 4.78 is 16.7. The van der Waals surface area contributed by atoms with Gasteiger partial charge in [0.15, 0.2) is 11.5 Å². The van der Waals surface area contributed by atoms with Crippen molar-refractivity contribution in [3.05, 3.63) is 89.5 Å². The van der Waals surface area contributed by atoms with Gasteiger partial charge in [0.05, 0.1) is 25.0 Å². The third kappa shape index (κ3) is 6.13. The van der Waals surface area contributed by atoms with Crippen LogP contribution in [0.3, 0.4) is 0 Å². The van der Waals surface area contributed by atoms with Gasteiger partial charge in [-0.2, -0.15) is 0 Å². The summed E-state index contributed by atoms with van der Waals surface area (Å²) in [6, 6.07) is 22.1. The normalized spacial score (nSPS) is 10.0. The fourth-order valence-electron chi connectivity index (χ4n) is 2.99. The van der Waals surface area contributed by atoms with Crippen molar-refractivity contribution in [3.63, 3.8) is 0 Å². The molecule has 1 N–H and O–H groups in total. The highest BCUT2D eigenvalue weighted by molar-refractivity contribution is 6.08. The van der Waals surface area contributed by atoms with E-state index in [0.29, 0.717) is 24.5 Å². The number of rotatable bonds is 9. The van der Waals surface area contributed by atoms with Crippen LogP contribution in [-0.4, -0.2) is 25.6 Å². The number of nitrogens with one attached hydrogen (secondary N) is 1. The van der Waals surface area contributed by atoms with E-state index in [1.165, 1.54) is 19.2 Å². The lowest BCUT2D eigenvalue weighted by Gasteiger charge is -2.16. The maximum absolute atomic E-state index is 12.8. The number of methoxy groups -OCH3 is 1. The molecule has 0 saturated heterocycles. The molecular formula is C26H23NO5. The van der Waals surface area contributed by atoms with Gasteiger partial charge in [0, 0.05) is 18.6 Å². The molecule has 0 bridgehead atoms. The predicted molar refractivity (Wildman–Crippen MR) is 122 cm³/mol. The van der Waals surface area contributed by atoms with Crippen molar-refractivity contribution in [2.75, 3.05) is 19.0 Å². The summed E-state index contributed by atoms with van der Waals surface area (Å²) in [7, 11) is 1.47. The van der Waals surface area contributed by atoms with E-state index in [1.54, 1.807) is 0 Å². The zero-order valence-electron chi connectivity index (χ0n) is 17.7. The number of terminal acetylenes is 1. The summed E-state index contributed by atoms with van der Waals surface area (Å²) in [6.45, 7) is 0.452. The molecule has 3 aromatic rings. The molecule has 0 unspecified atom stereocenters. The highest BCUT2D eigenvalue weighted by Gasteiger charge is 2.20. The number of anilines is 1. The molecule has 6 heteroatoms. The molecule has 0 aliphatic carbocycles. The molecule has 0 spiro atoms. The van der Waals surface area contributed by atoms with Crippen LogP contribution in [0.25, 0.3) is 0 Å². The number of hydrogen-bond acceptors (Lipinski definition) is 5. The van der Waals surface area contributed by atoms with Gasteiger partial charge in [-0.25, -0.2) is 4.79 Å². The largest absolute Gasteiger partial charge is 0.493 e. The first-order valence-electron chi connectivity index (χ1n) is 9.98. The Labute approximate surface area is 187 Å². The Hall–Kier alpha value is -4.24. The van der Waals surface area contributed by atoms with Crippen LogP contribution >= 0.6 is 0 Å². The molecule has 0 aliphatic heterocycles. The van der Waals surface area contributed by atoms with Crippen molar-refractivity contribution in [2.45, 2.75) is 13.0 Å². The Morgan fingerprint density at radius 1 is 0.938 bits per heavy atom. The van der Waals surface area contributed by atoms with Crippen LogP contribution in [0.15, 0.2) is 72.8 Å². The molecule has 0 atom stereocenters. The van der Waals surface area contributed by atoms with Gasteiger partial charge in [0.2, 0.25) is 0 Å². The third-order valence-electron chi connectivity index (χ3n) is 4.61. The standard InChI is InChI=1S/C26H23NO5/c1-3-25(28)27-22-17-23(30-2)24(31-15-14-19-10-6-4-7-11-19)16-21(22)26(29)32-18-20-12-8-5-9-13-20/h1,4-13,16-17H,14-15,18H2,2H3,(H,27,28). The van der Waals surface area contributed by atoms with Crippen LogP contribution in [0.2, 0.25) is 0 Å². The molecule has 3 aromatic carbocycles. The van der Waals surface area contributed by atoms with Gasteiger partial charge >= 0.3 is 5.97 Å². The number of ether oxygens (including phenoxy) is 3. The molecule has 0 fully saturated rings. The molecular weight excluding hydrogens is 406 g/mol. The minimum absolute atomic E-state index is 0.0818. The van der Waals surface area contributed by atoms with Crippen LogP contribution < -0.4 is 14.8 Å². The Kier molecular flexibility index (Phi) is 7.88. The zero-order chi connectivity index (χ0) is 22.8. The van der Waals surface area contributed by atoms with E-state index in [1.807, 2.05) is 66.6 Å². The predicted octanol–water partition coefficient (Wildman–Crippen LogP) is 4.25. The molecule has 162 valence electrons. The van der Waals surface area contributed by atoms with Crippen LogP contribution in [-0.2, 0) is 22.6 Å². The molecule has 3 rings (SSSR count). The minimum Gasteiger partial charge on any atom is -0.493 e. The second-order valence-corrected chi connectivity index (χ2v) is 6.79. The van der Waals surface area contributed by atoms with Gasteiger partial charge in [-0.3, -0.25) is 4.79 Å². The van der Waals surface area contributed by atoms with E-state index < -0.39 is 11.9 Å². The lowest BCUT2D eigenvalue weighted by atomic mass is 10.1. The second kappa shape index (κ2) is 11.2. The van der Waals surface area contributed by atoms with Gasteiger partial charge in [-0.05, 0) is 17.0 Å². The Morgan fingerprint density at radius 3 is 2.22 bits per heavy atom. The van der Waals surface area contributed by atoms with E-state index in [9.17, 15) is 9.59 Å². The van der Waals surface area contributed by atoms with Crippen molar-refractivity contribution in [2.24, 2.45) is 0 Å². The summed E-state index contributed by atoms with van der Waals surface area (Å²) >= 11 is 0. The fraction of sp³-hybridized carbons (Fsp3) is 0.154. The van der Waals surface area contributed by atoms with Gasteiger partial charge < -0.3 is 19.5 Å². The van der Waals surface area contributed by atoms with Crippen LogP contribution in [0.1, 0.15) is 21.5 Å². The average Bonchev–Trinajstić information content (AvgIpc) is 2.84. The van der Waals surface area contributed by atoms with Crippen LogP contribution in [0, 0.1) is 12.3 Å². The molecule has 6 nitrogen and oxygen atoms in total. The van der Waals surface area contributed by atoms with Crippen molar-refractivity contribution < 1.29 is 23.8 Å². The summed E-state index contributed by atoms with van der Waals surface area (Å²) in [5.74, 6) is 1.35. The molecule has 0 aromatic heterocycles. The van der Waals surface area contributed by atoms with Crippen LogP contribution in [0.4, 0.5) is 5.69 Å². The first-order valence-corrected chi connectivity index (χ1v) is 9.98. The van der Waals surface area contributed by atoms with Gasteiger partial charge in [0.25, 0.3) is 5.91 Å². The lowest BCUT2D eigenvalue weighted by Crippen LogP contribution is -2.15. The van der Waals surface area contributed by atoms with Crippen molar-refractivity contribution in [1.82, 2.24) is 0 Å². The van der Waals surface area contributed by atoms with Crippen molar-refractivity contribution in [1.29, 1.82) is 0 Å². The number of esters is 1. The average molecular weight is 429 g/mol. The molecule has 0 radical (unpaired) electrons. The number of benzene rings is 3. The lowest BCUT2D eigenvalue weighted by molar-refractivity contribution is -0.111. The maximum Gasteiger partial charge on any atom is 0.340 e. The van der Waals surface area contributed by atoms with E-state index in [-0.39, 0.29) is 17.9 Å². The minimum atomic E-state index is -0.693. The molecule has 0 saturated carbocycles. The van der Waals surface area contributed by atoms with E-state index >= 15 is 0 Å². The molecule has 32 heavy (non-hydrogen) atoms. The molecule has 0 heterocycles. The number of amides is 1. The SMILES string of the molecule is C#CC(=O)Nc1cc(OC)c(OCCc2ccccc2)cc1C(=O)OCc1ccccc1. The smallest absolute Gasteiger partial charge is 0.340 e. The summed E-state index contributed by atoms with van der Waals surface area (Å²) in [4.78, 5) is 24.6. The first kappa shape index (κ1) is 22.4. The molecule has 0 aliphatic rings. The van der Waals surface area contributed by atoms with E-state index in [0.717, 1.165) is 11.1 Å². The maximum atomic E-state index is 12.8. The number of carbonyl (C=O) groups is 2. The number of carbonyl (C=O) groups excluding carboxylic acids is 2. The summed E-state index contributed by atoms with van der Waals surface area (Å²) in [6.07, 6.45) is 5.84. The Morgan fingerprint density at radius 2 is 1.59 bits per heavy atom. The van der Waals surface area contributed by atoms with Gasteiger partial charge in [-0.15, -0.1) is 6.42 Å². The third-order valence-corrected chi connectivity index (χ3v) is 4.61. The fourth-order valence-corrected chi connectivity index (χ4v) is 2.99. The Balaban J connectivity index is 1.82. The summed E-state index contributed by atoms with van der Waals surface area (Å²) in [5.41, 5.74) is 2.24. The second-order valence-electron chi connectivity index (χ2n) is 6.79. The molecule has 1 amide bonds. The Bertz CT molecular complexity index is 1100. The van der Waals surface area contributed by atoms with Crippen LogP contribution in [0.5, 0.6) is 11.5 Å². The van der Waals surface area contributed by atoms with Gasteiger partial charge in [-0.1, -0.05) is 60.7 Å². The summed E-state index contributed by atoms with van der Waals surface area (Å²) in [5, 5.41) is 2.51. The number of hydrogen-bond donors (Lipinski definition) is 1. The zero-order valence-corrected chi connectivity index (χ0v) is 17.7. The quantitative estimate of drug-likeness (QED) is 0.407. The van der Waals surface area contributed by atoms with Crippen molar-refractivity contribution in [3.8, 4) is 23.8 Å². The highest BCUT2D eigenvalue weighted by Crippen LogP contribution is 2.34. The topological polar surface area (TPSA) is 73.9 Å². The van der Waals surface area contributed by atoms with Crippen molar-refractivity contribution >= 4 is 17.6 Å². The van der Waals surface area contributed by atoms with E-state index in [4.69, 9.17) is 20.6 Å². The first-order chi connectivity index (χ1) is 15.6.